The maximum absolute atomic E-state index is 11.6. The van der Waals surface area contributed by atoms with Crippen molar-refractivity contribution in [2.75, 3.05) is 13.2 Å². The summed E-state index contributed by atoms with van der Waals surface area (Å²) in [5.41, 5.74) is 3.50. The van der Waals surface area contributed by atoms with E-state index in [1.54, 1.807) is 0 Å². The lowest BCUT2D eigenvalue weighted by atomic mass is 10.1. The number of ether oxygens (including phenoxy) is 1. The summed E-state index contributed by atoms with van der Waals surface area (Å²) in [5.74, 6) is 0.750. The van der Waals surface area contributed by atoms with Crippen LogP contribution in [-0.4, -0.2) is 19.1 Å². The van der Waals surface area contributed by atoms with Crippen molar-refractivity contribution in [1.29, 1.82) is 0 Å². The van der Waals surface area contributed by atoms with Gasteiger partial charge in [-0.25, -0.2) is 0 Å². The van der Waals surface area contributed by atoms with Gasteiger partial charge < -0.3 is 10.1 Å². The van der Waals surface area contributed by atoms with Crippen LogP contribution in [-0.2, 0) is 4.79 Å². The van der Waals surface area contributed by atoms with Crippen molar-refractivity contribution >= 4 is 5.91 Å². The number of unbranched alkanes of at least 4 members (excludes halogenated alkanes) is 2. The van der Waals surface area contributed by atoms with Gasteiger partial charge in [0.25, 0.3) is 5.91 Å². The number of carbonyl (C=O) groups is 1. The molecule has 1 amide bonds. The minimum Gasteiger partial charge on any atom is -0.483 e. The molecule has 0 bridgehead atoms. The molecule has 0 aliphatic carbocycles. The first-order valence-corrected chi connectivity index (χ1v) is 7.02. The molecule has 3 heteroatoms. The summed E-state index contributed by atoms with van der Waals surface area (Å²) in [4.78, 5) is 11.6. The average molecular weight is 263 g/mol. The van der Waals surface area contributed by atoms with Crippen molar-refractivity contribution in [3.63, 3.8) is 0 Å². The van der Waals surface area contributed by atoms with Crippen molar-refractivity contribution in [2.45, 2.75) is 47.0 Å². The van der Waals surface area contributed by atoms with Crippen LogP contribution >= 0.6 is 0 Å². The van der Waals surface area contributed by atoms with Gasteiger partial charge in [-0.1, -0.05) is 25.8 Å². The number of hydrogen-bond donors (Lipinski definition) is 1. The van der Waals surface area contributed by atoms with Gasteiger partial charge in [0.2, 0.25) is 0 Å². The largest absolute Gasteiger partial charge is 0.483 e. The van der Waals surface area contributed by atoms with Gasteiger partial charge in [0, 0.05) is 6.54 Å². The van der Waals surface area contributed by atoms with E-state index in [9.17, 15) is 4.79 Å². The van der Waals surface area contributed by atoms with E-state index in [1.165, 1.54) is 11.1 Å². The average Bonchev–Trinajstić information content (AvgIpc) is 2.37. The van der Waals surface area contributed by atoms with Crippen LogP contribution in [0.5, 0.6) is 5.75 Å². The van der Waals surface area contributed by atoms with Gasteiger partial charge in [0.15, 0.2) is 6.61 Å². The molecule has 1 aromatic rings. The normalized spacial score (nSPS) is 10.3. The molecule has 0 fully saturated rings. The van der Waals surface area contributed by atoms with Crippen molar-refractivity contribution < 1.29 is 9.53 Å². The molecule has 0 unspecified atom stereocenters. The molecule has 0 aliphatic rings. The lowest BCUT2D eigenvalue weighted by Gasteiger charge is -2.11. The highest BCUT2D eigenvalue weighted by molar-refractivity contribution is 5.77. The van der Waals surface area contributed by atoms with E-state index in [1.807, 2.05) is 19.9 Å². The summed E-state index contributed by atoms with van der Waals surface area (Å²) >= 11 is 0. The Bertz CT molecular complexity index is 427. The number of nitrogens with one attached hydrogen (secondary N) is 1. The molecular weight excluding hydrogens is 238 g/mol. The first-order chi connectivity index (χ1) is 9.04. The number of amides is 1. The van der Waals surface area contributed by atoms with E-state index < -0.39 is 0 Å². The Hall–Kier alpha value is -1.51. The second kappa shape index (κ2) is 7.82. The van der Waals surface area contributed by atoms with Crippen LogP contribution in [0.2, 0.25) is 0 Å². The van der Waals surface area contributed by atoms with Gasteiger partial charge >= 0.3 is 0 Å². The topological polar surface area (TPSA) is 38.3 Å². The fraction of sp³-hybridized carbons (Fsp3) is 0.562. The number of hydrogen-bond acceptors (Lipinski definition) is 2. The van der Waals surface area contributed by atoms with E-state index >= 15 is 0 Å². The summed E-state index contributed by atoms with van der Waals surface area (Å²) in [6.07, 6.45) is 3.34. The van der Waals surface area contributed by atoms with Gasteiger partial charge in [-0.2, -0.15) is 0 Å². The van der Waals surface area contributed by atoms with Gasteiger partial charge in [0.1, 0.15) is 5.75 Å². The predicted octanol–water partition coefficient (Wildman–Crippen LogP) is 3.30. The molecule has 0 saturated heterocycles. The third-order valence-electron chi connectivity index (χ3n) is 3.25. The van der Waals surface area contributed by atoms with Gasteiger partial charge in [-0.15, -0.1) is 0 Å². The molecule has 0 saturated carbocycles. The quantitative estimate of drug-likeness (QED) is 0.767. The lowest BCUT2D eigenvalue weighted by Crippen LogP contribution is -2.29. The van der Waals surface area contributed by atoms with E-state index in [-0.39, 0.29) is 12.5 Å². The Labute approximate surface area is 116 Å². The Morgan fingerprint density at radius 2 is 1.79 bits per heavy atom. The Kier molecular flexibility index (Phi) is 6.40. The van der Waals surface area contributed by atoms with E-state index in [0.717, 1.165) is 37.1 Å². The lowest BCUT2D eigenvalue weighted by molar-refractivity contribution is -0.123. The molecule has 3 nitrogen and oxygen atoms in total. The highest BCUT2D eigenvalue weighted by atomic mass is 16.5. The van der Waals surface area contributed by atoms with Crippen molar-refractivity contribution in [2.24, 2.45) is 0 Å². The molecule has 0 heterocycles. The monoisotopic (exact) mass is 263 g/mol. The van der Waals surface area contributed by atoms with Crippen LogP contribution in [0.15, 0.2) is 12.1 Å². The summed E-state index contributed by atoms with van der Waals surface area (Å²) in [5, 5.41) is 2.87. The summed E-state index contributed by atoms with van der Waals surface area (Å²) in [6, 6.07) is 4.08. The molecular formula is C16H25NO2. The van der Waals surface area contributed by atoms with Crippen LogP contribution < -0.4 is 10.1 Å². The zero-order valence-corrected chi connectivity index (χ0v) is 12.5. The fourth-order valence-corrected chi connectivity index (χ4v) is 1.89. The molecule has 1 rings (SSSR count). The van der Waals surface area contributed by atoms with Crippen molar-refractivity contribution in [3.8, 4) is 5.75 Å². The molecule has 0 aromatic heterocycles. The fourth-order valence-electron chi connectivity index (χ4n) is 1.89. The molecule has 0 atom stereocenters. The SMILES string of the molecule is CCCCCNC(=O)COc1cc(C)c(C)cc1C. The Balaban J connectivity index is 2.40. The van der Waals surface area contributed by atoms with E-state index in [0.29, 0.717) is 0 Å². The zero-order chi connectivity index (χ0) is 14.3. The molecule has 1 aromatic carbocycles. The minimum absolute atomic E-state index is 0.0475. The zero-order valence-electron chi connectivity index (χ0n) is 12.5. The number of carbonyl (C=O) groups excluding carboxylic acids is 1. The molecule has 0 radical (unpaired) electrons. The van der Waals surface area contributed by atoms with Crippen LogP contribution in [0.3, 0.4) is 0 Å². The molecule has 106 valence electrons. The van der Waals surface area contributed by atoms with Gasteiger partial charge in [-0.3, -0.25) is 4.79 Å². The summed E-state index contributed by atoms with van der Waals surface area (Å²) in [7, 11) is 0. The van der Waals surface area contributed by atoms with Crippen molar-refractivity contribution in [1.82, 2.24) is 5.32 Å². The second-order valence-electron chi connectivity index (χ2n) is 5.05. The molecule has 0 aliphatic heterocycles. The van der Waals surface area contributed by atoms with Crippen LogP contribution in [0.4, 0.5) is 0 Å². The maximum atomic E-state index is 11.6. The first kappa shape index (κ1) is 15.5. The standard InChI is InChI=1S/C16H25NO2/c1-5-6-7-8-17-16(18)11-19-15-10-13(3)12(2)9-14(15)4/h9-10H,5-8,11H2,1-4H3,(H,17,18). The summed E-state index contributed by atoms with van der Waals surface area (Å²) < 4.78 is 5.58. The van der Waals surface area contributed by atoms with Crippen LogP contribution in [0.1, 0.15) is 42.9 Å². The molecule has 1 N–H and O–H groups in total. The third kappa shape index (κ3) is 5.33. The highest BCUT2D eigenvalue weighted by Gasteiger charge is 2.06. The van der Waals surface area contributed by atoms with Gasteiger partial charge in [-0.05, 0) is 49.9 Å². The minimum atomic E-state index is -0.0475. The van der Waals surface area contributed by atoms with E-state index in [4.69, 9.17) is 4.74 Å². The van der Waals surface area contributed by atoms with Crippen LogP contribution in [0, 0.1) is 20.8 Å². The number of aryl methyl sites for hydroxylation is 3. The summed E-state index contributed by atoms with van der Waals surface area (Å²) in [6.45, 7) is 9.10. The predicted molar refractivity (Wildman–Crippen MR) is 78.7 cm³/mol. The van der Waals surface area contributed by atoms with E-state index in [2.05, 4.69) is 25.2 Å². The first-order valence-electron chi connectivity index (χ1n) is 7.02. The third-order valence-corrected chi connectivity index (χ3v) is 3.25. The second-order valence-corrected chi connectivity index (χ2v) is 5.05. The Morgan fingerprint density at radius 3 is 2.47 bits per heavy atom. The van der Waals surface area contributed by atoms with Gasteiger partial charge in [0.05, 0.1) is 0 Å². The molecule has 0 spiro atoms. The van der Waals surface area contributed by atoms with Crippen molar-refractivity contribution in [3.05, 3.63) is 28.8 Å². The maximum Gasteiger partial charge on any atom is 0.257 e. The smallest absolute Gasteiger partial charge is 0.257 e. The number of benzene rings is 1. The Morgan fingerprint density at radius 1 is 1.11 bits per heavy atom. The number of rotatable bonds is 7. The highest BCUT2D eigenvalue weighted by Crippen LogP contribution is 2.22. The molecule has 19 heavy (non-hydrogen) atoms. The van der Waals surface area contributed by atoms with Crippen LogP contribution in [0.25, 0.3) is 0 Å².